The molecule has 1 heterocycles. The van der Waals surface area contributed by atoms with Gasteiger partial charge in [0.1, 0.15) is 5.69 Å². The van der Waals surface area contributed by atoms with Crippen molar-refractivity contribution in [1.82, 2.24) is 10.3 Å². The molecule has 0 saturated heterocycles. The first-order chi connectivity index (χ1) is 8.65. The Morgan fingerprint density at radius 2 is 2.00 bits per heavy atom. The second kappa shape index (κ2) is 5.51. The summed E-state index contributed by atoms with van der Waals surface area (Å²) in [6, 6.07) is 11.7. The summed E-state index contributed by atoms with van der Waals surface area (Å²) in [5.74, 6) is -0.326. The standard InChI is InChI=1S/C13H11ClN2O2/c14-10-4-1-3-9(7-10)8-15-13(18)11-5-2-6-12(17)16-11/h1-7H,8H2,(H,15,18)(H,16,17). The highest BCUT2D eigenvalue weighted by Gasteiger charge is 2.05. The monoisotopic (exact) mass is 262 g/mol. The predicted molar refractivity (Wildman–Crippen MR) is 69.7 cm³/mol. The molecule has 92 valence electrons. The van der Waals surface area contributed by atoms with Crippen LogP contribution in [-0.2, 0) is 6.54 Å². The van der Waals surface area contributed by atoms with Crippen molar-refractivity contribution in [3.8, 4) is 0 Å². The SMILES string of the molecule is O=C(NCc1cccc(Cl)c1)c1cccc(=O)[nH]1. The molecule has 4 nitrogen and oxygen atoms in total. The second-order valence-corrected chi connectivity index (χ2v) is 4.18. The number of aromatic nitrogens is 1. The van der Waals surface area contributed by atoms with Crippen LogP contribution in [0.15, 0.2) is 47.3 Å². The number of halogens is 1. The van der Waals surface area contributed by atoms with Crippen molar-refractivity contribution >= 4 is 17.5 Å². The van der Waals surface area contributed by atoms with Gasteiger partial charge in [0.25, 0.3) is 5.91 Å². The molecule has 2 rings (SSSR count). The van der Waals surface area contributed by atoms with Crippen molar-refractivity contribution in [3.63, 3.8) is 0 Å². The first-order valence-corrected chi connectivity index (χ1v) is 5.75. The van der Waals surface area contributed by atoms with Gasteiger partial charge >= 0.3 is 0 Å². The number of benzene rings is 1. The maximum absolute atomic E-state index is 11.7. The lowest BCUT2D eigenvalue weighted by molar-refractivity contribution is 0.0945. The molecule has 0 aliphatic carbocycles. The third-order valence-corrected chi connectivity index (χ3v) is 2.59. The predicted octanol–water partition coefficient (Wildman–Crippen LogP) is 1.96. The lowest BCUT2D eigenvalue weighted by Gasteiger charge is -2.05. The first-order valence-electron chi connectivity index (χ1n) is 5.37. The summed E-state index contributed by atoms with van der Waals surface area (Å²) in [7, 11) is 0. The van der Waals surface area contributed by atoms with Crippen molar-refractivity contribution in [2.75, 3.05) is 0 Å². The van der Waals surface area contributed by atoms with Gasteiger partial charge in [-0.3, -0.25) is 9.59 Å². The maximum Gasteiger partial charge on any atom is 0.268 e. The van der Waals surface area contributed by atoms with Crippen LogP contribution in [0.1, 0.15) is 16.1 Å². The molecule has 2 aromatic rings. The number of H-pyrrole nitrogens is 1. The summed E-state index contributed by atoms with van der Waals surface area (Å²) in [6.07, 6.45) is 0. The number of hydrogen-bond donors (Lipinski definition) is 2. The van der Waals surface area contributed by atoms with Crippen LogP contribution in [0.3, 0.4) is 0 Å². The van der Waals surface area contributed by atoms with Crippen LogP contribution in [0, 0.1) is 0 Å². The van der Waals surface area contributed by atoms with Crippen molar-refractivity contribution < 1.29 is 4.79 Å². The topological polar surface area (TPSA) is 62.0 Å². The molecular weight excluding hydrogens is 252 g/mol. The van der Waals surface area contributed by atoms with Gasteiger partial charge in [0, 0.05) is 17.6 Å². The lowest BCUT2D eigenvalue weighted by Crippen LogP contribution is -2.25. The molecule has 0 aliphatic heterocycles. The third kappa shape index (κ3) is 3.21. The van der Waals surface area contributed by atoms with Crippen LogP contribution in [0.25, 0.3) is 0 Å². The molecule has 0 saturated carbocycles. The summed E-state index contributed by atoms with van der Waals surface area (Å²) in [5.41, 5.74) is 0.837. The van der Waals surface area contributed by atoms with Crippen LogP contribution in [0.5, 0.6) is 0 Å². The van der Waals surface area contributed by atoms with Gasteiger partial charge in [0.15, 0.2) is 0 Å². The Balaban J connectivity index is 2.03. The zero-order valence-corrected chi connectivity index (χ0v) is 10.2. The first kappa shape index (κ1) is 12.4. The highest BCUT2D eigenvalue weighted by molar-refractivity contribution is 6.30. The molecule has 0 radical (unpaired) electrons. The van der Waals surface area contributed by atoms with Crippen LogP contribution < -0.4 is 10.9 Å². The van der Waals surface area contributed by atoms with E-state index in [2.05, 4.69) is 10.3 Å². The van der Waals surface area contributed by atoms with Gasteiger partial charge in [0.2, 0.25) is 5.56 Å². The number of nitrogens with one attached hydrogen (secondary N) is 2. The van der Waals surface area contributed by atoms with E-state index in [0.717, 1.165) is 5.56 Å². The van der Waals surface area contributed by atoms with Gasteiger partial charge < -0.3 is 10.3 Å². The average Bonchev–Trinajstić information content (AvgIpc) is 2.36. The molecule has 0 unspecified atom stereocenters. The van der Waals surface area contributed by atoms with Crippen LogP contribution in [0.2, 0.25) is 5.02 Å². The number of carbonyl (C=O) groups excluding carboxylic acids is 1. The fraction of sp³-hybridized carbons (Fsp3) is 0.0769. The summed E-state index contributed by atoms with van der Waals surface area (Å²) < 4.78 is 0. The zero-order chi connectivity index (χ0) is 13.0. The van der Waals surface area contributed by atoms with Crippen LogP contribution in [0.4, 0.5) is 0 Å². The Labute approximate surface area is 109 Å². The van der Waals surface area contributed by atoms with Crippen molar-refractivity contribution in [2.45, 2.75) is 6.54 Å². The largest absolute Gasteiger partial charge is 0.347 e. The van der Waals surface area contributed by atoms with E-state index >= 15 is 0 Å². The van der Waals surface area contributed by atoms with Crippen molar-refractivity contribution in [3.05, 3.63) is 69.1 Å². The summed E-state index contributed by atoms with van der Waals surface area (Å²) in [5, 5.41) is 3.32. The van der Waals surface area contributed by atoms with E-state index < -0.39 is 0 Å². The van der Waals surface area contributed by atoms with Crippen LogP contribution >= 0.6 is 11.6 Å². The highest BCUT2D eigenvalue weighted by atomic mass is 35.5. The van der Waals surface area contributed by atoms with Crippen molar-refractivity contribution in [2.24, 2.45) is 0 Å². The zero-order valence-electron chi connectivity index (χ0n) is 9.44. The third-order valence-electron chi connectivity index (χ3n) is 2.36. The van der Waals surface area contributed by atoms with Crippen LogP contribution in [-0.4, -0.2) is 10.9 Å². The quantitative estimate of drug-likeness (QED) is 0.888. The summed E-state index contributed by atoms with van der Waals surface area (Å²) in [6.45, 7) is 0.357. The van der Waals surface area contributed by atoms with Gasteiger partial charge in [-0.2, -0.15) is 0 Å². The molecular formula is C13H11ClN2O2. The van der Waals surface area contributed by atoms with Gasteiger partial charge in [-0.25, -0.2) is 0 Å². The molecule has 1 aromatic heterocycles. The Hall–Kier alpha value is -2.07. The number of pyridine rings is 1. The van der Waals surface area contributed by atoms with E-state index in [9.17, 15) is 9.59 Å². The normalized spacial score (nSPS) is 10.1. The van der Waals surface area contributed by atoms with Gasteiger partial charge in [-0.1, -0.05) is 29.8 Å². The van der Waals surface area contributed by atoms with Gasteiger partial charge in [-0.05, 0) is 23.8 Å². The number of carbonyl (C=O) groups is 1. The average molecular weight is 263 g/mol. The number of aromatic amines is 1. The Bertz CT molecular complexity index is 622. The number of rotatable bonds is 3. The molecule has 1 aromatic carbocycles. The summed E-state index contributed by atoms with van der Waals surface area (Å²) >= 11 is 5.84. The Morgan fingerprint density at radius 3 is 2.72 bits per heavy atom. The van der Waals surface area contributed by atoms with Gasteiger partial charge in [0.05, 0.1) is 0 Å². The molecule has 0 bridgehead atoms. The molecule has 0 fully saturated rings. The van der Waals surface area contributed by atoms with E-state index in [1.54, 1.807) is 18.2 Å². The Kier molecular flexibility index (Phi) is 3.79. The van der Waals surface area contributed by atoms with E-state index in [1.165, 1.54) is 12.1 Å². The minimum absolute atomic E-state index is 0.240. The smallest absolute Gasteiger partial charge is 0.268 e. The van der Waals surface area contributed by atoms with E-state index in [1.807, 2.05) is 12.1 Å². The minimum Gasteiger partial charge on any atom is -0.347 e. The lowest BCUT2D eigenvalue weighted by atomic mass is 10.2. The summed E-state index contributed by atoms with van der Waals surface area (Å²) in [4.78, 5) is 25.3. The molecule has 18 heavy (non-hydrogen) atoms. The molecule has 0 atom stereocenters. The molecule has 2 N–H and O–H groups in total. The Morgan fingerprint density at radius 1 is 1.22 bits per heavy atom. The molecule has 1 amide bonds. The minimum atomic E-state index is -0.326. The number of hydrogen-bond acceptors (Lipinski definition) is 2. The van der Waals surface area contributed by atoms with E-state index in [0.29, 0.717) is 11.6 Å². The van der Waals surface area contributed by atoms with E-state index in [-0.39, 0.29) is 17.2 Å². The fourth-order valence-corrected chi connectivity index (χ4v) is 1.72. The molecule has 0 aliphatic rings. The van der Waals surface area contributed by atoms with Crippen molar-refractivity contribution in [1.29, 1.82) is 0 Å². The second-order valence-electron chi connectivity index (χ2n) is 3.74. The van der Waals surface area contributed by atoms with E-state index in [4.69, 9.17) is 11.6 Å². The van der Waals surface area contributed by atoms with Gasteiger partial charge in [-0.15, -0.1) is 0 Å². The fourth-order valence-electron chi connectivity index (χ4n) is 1.50. The maximum atomic E-state index is 11.7. The molecule has 0 spiro atoms. The highest BCUT2D eigenvalue weighted by Crippen LogP contribution is 2.10. The molecule has 5 heteroatoms. The number of amides is 1.